The zero-order valence-corrected chi connectivity index (χ0v) is 8.97. The van der Waals surface area contributed by atoms with Crippen molar-refractivity contribution in [2.45, 2.75) is 51.0 Å². The van der Waals surface area contributed by atoms with Crippen LogP contribution in [0.5, 0.6) is 0 Å². The van der Waals surface area contributed by atoms with Gasteiger partial charge in [-0.15, -0.1) is 0 Å². The number of nitrogens with one attached hydrogen (secondary N) is 1. The highest BCUT2D eigenvalue weighted by Gasteiger charge is 2.37. The van der Waals surface area contributed by atoms with Crippen molar-refractivity contribution in [3.63, 3.8) is 0 Å². The summed E-state index contributed by atoms with van der Waals surface area (Å²) >= 11 is 0. The number of aliphatic hydroxyl groups excluding tert-OH is 1. The van der Waals surface area contributed by atoms with Gasteiger partial charge in [-0.1, -0.05) is 26.2 Å². The van der Waals surface area contributed by atoms with Crippen molar-refractivity contribution < 1.29 is 5.11 Å². The van der Waals surface area contributed by atoms with Gasteiger partial charge in [0.05, 0.1) is 0 Å². The Labute approximate surface area is 81.7 Å². The summed E-state index contributed by atoms with van der Waals surface area (Å²) in [6, 6.07) is 0. The molecule has 0 aliphatic heterocycles. The topological polar surface area (TPSA) is 32.3 Å². The van der Waals surface area contributed by atoms with E-state index >= 15 is 0 Å². The first-order chi connectivity index (χ1) is 6.29. The van der Waals surface area contributed by atoms with Gasteiger partial charge in [0.15, 0.2) is 0 Å². The maximum atomic E-state index is 9.09. The SMILES string of the molecule is CCC1CCCCC1(CCO)NC. The van der Waals surface area contributed by atoms with E-state index in [0.29, 0.717) is 6.61 Å². The molecule has 0 saturated heterocycles. The number of hydrogen-bond acceptors (Lipinski definition) is 2. The third-order valence-corrected chi connectivity index (χ3v) is 3.76. The quantitative estimate of drug-likeness (QED) is 0.701. The Bertz CT molecular complexity index is 145. The van der Waals surface area contributed by atoms with Crippen molar-refractivity contribution in [1.82, 2.24) is 5.32 Å². The summed E-state index contributed by atoms with van der Waals surface area (Å²) in [6.07, 6.45) is 7.41. The van der Waals surface area contributed by atoms with Crippen LogP contribution in [-0.4, -0.2) is 24.3 Å². The summed E-state index contributed by atoms with van der Waals surface area (Å²) < 4.78 is 0. The summed E-state index contributed by atoms with van der Waals surface area (Å²) in [5.41, 5.74) is 0.238. The number of aliphatic hydroxyl groups is 1. The molecule has 0 heterocycles. The molecule has 2 unspecified atom stereocenters. The van der Waals surface area contributed by atoms with E-state index in [0.717, 1.165) is 12.3 Å². The largest absolute Gasteiger partial charge is 0.396 e. The van der Waals surface area contributed by atoms with Crippen molar-refractivity contribution in [2.75, 3.05) is 13.7 Å². The van der Waals surface area contributed by atoms with Crippen LogP contribution in [0.2, 0.25) is 0 Å². The molecule has 0 bridgehead atoms. The molecular formula is C11H23NO. The van der Waals surface area contributed by atoms with E-state index in [1.165, 1.54) is 32.1 Å². The summed E-state index contributed by atoms with van der Waals surface area (Å²) in [5.74, 6) is 0.762. The van der Waals surface area contributed by atoms with Crippen molar-refractivity contribution in [2.24, 2.45) is 5.92 Å². The molecule has 2 nitrogen and oxygen atoms in total. The van der Waals surface area contributed by atoms with E-state index < -0.39 is 0 Å². The molecular weight excluding hydrogens is 162 g/mol. The first-order valence-electron chi connectivity index (χ1n) is 5.59. The summed E-state index contributed by atoms with van der Waals surface area (Å²) in [4.78, 5) is 0. The van der Waals surface area contributed by atoms with Crippen LogP contribution in [0.25, 0.3) is 0 Å². The lowest BCUT2D eigenvalue weighted by Crippen LogP contribution is -2.51. The molecule has 0 radical (unpaired) electrons. The fourth-order valence-electron chi connectivity index (χ4n) is 2.89. The molecule has 2 N–H and O–H groups in total. The normalized spacial score (nSPS) is 34.8. The van der Waals surface area contributed by atoms with Gasteiger partial charge in [0, 0.05) is 12.1 Å². The fourth-order valence-corrected chi connectivity index (χ4v) is 2.89. The maximum Gasteiger partial charge on any atom is 0.0448 e. The van der Waals surface area contributed by atoms with E-state index in [2.05, 4.69) is 12.2 Å². The molecule has 0 aromatic rings. The molecule has 1 aliphatic rings. The Balaban J connectivity index is 2.66. The van der Waals surface area contributed by atoms with Crippen molar-refractivity contribution >= 4 is 0 Å². The fraction of sp³-hybridized carbons (Fsp3) is 1.00. The average molecular weight is 185 g/mol. The molecule has 78 valence electrons. The molecule has 2 heteroatoms. The Morgan fingerprint density at radius 3 is 2.77 bits per heavy atom. The number of hydrogen-bond donors (Lipinski definition) is 2. The second-order valence-electron chi connectivity index (χ2n) is 4.23. The van der Waals surface area contributed by atoms with Gasteiger partial charge in [-0.25, -0.2) is 0 Å². The van der Waals surface area contributed by atoms with Gasteiger partial charge in [-0.05, 0) is 32.2 Å². The molecule has 1 rings (SSSR count). The molecule has 1 aliphatic carbocycles. The van der Waals surface area contributed by atoms with Gasteiger partial charge in [0.1, 0.15) is 0 Å². The minimum atomic E-state index is 0.238. The predicted octanol–water partition coefficient (Wildman–Crippen LogP) is 1.93. The predicted molar refractivity (Wildman–Crippen MR) is 55.7 cm³/mol. The molecule has 0 aromatic carbocycles. The van der Waals surface area contributed by atoms with E-state index in [9.17, 15) is 0 Å². The lowest BCUT2D eigenvalue weighted by Gasteiger charge is -2.44. The van der Waals surface area contributed by atoms with Gasteiger partial charge < -0.3 is 10.4 Å². The molecule has 2 atom stereocenters. The van der Waals surface area contributed by atoms with Gasteiger partial charge in [-0.3, -0.25) is 0 Å². The smallest absolute Gasteiger partial charge is 0.0448 e. The molecule has 13 heavy (non-hydrogen) atoms. The van der Waals surface area contributed by atoms with Crippen LogP contribution in [0.4, 0.5) is 0 Å². The first-order valence-corrected chi connectivity index (χ1v) is 5.59. The Kier molecular flexibility index (Phi) is 4.20. The molecule has 1 saturated carbocycles. The molecule has 0 amide bonds. The van der Waals surface area contributed by atoms with Crippen LogP contribution in [-0.2, 0) is 0 Å². The van der Waals surface area contributed by atoms with E-state index in [-0.39, 0.29) is 5.54 Å². The van der Waals surface area contributed by atoms with Crippen LogP contribution in [0.1, 0.15) is 45.4 Å². The third-order valence-electron chi connectivity index (χ3n) is 3.76. The average Bonchev–Trinajstić information content (AvgIpc) is 2.19. The summed E-state index contributed by atoms with van der Waals surface area (Å²) in [5, 5.41) is 12.5. The lowest BCUT2D eigenvalue weighted by atomic mass is 9.70. The van der Waals surface area contributed by atoms with E-state index in [1.807, 2.05) is 7.05 Å². The first kappa shape index (κ1) is 11.0. The van der Waals surface area contributed by atoms with Gasteiger partial charge >= 0.3 is 0 Å². The second-order valence-corrected chi connectivity index (χ2v) is 4.23. The molecule has 1 fully saturated rings. The zero-order valence-electron chi connectivity index (χ0n) is 8.97. The zero-order chi connectivity index (χ0) is 9.73. The monoisotopic (exact) mass is 185 g/mol. The lowest BCUT2D eigenvalue weighted by molar-refractivity contribution is 0.107. The highest BCUT2D eigenvalue weighted by atomic mass is 16.3. The second kappa shape index (κ2) is 4.97. The minimum Gasteiger partial charge on any atom is -0.396 e. The Morgan fingerprint density at radius 2 is 2.23 bits per heavy atom. The minimum absolute atomic E-state index is 0.238. The highest BCUT2D eigenvalue weighted by Crippen LogP contribution is 2.37. The van der Waals surface area contributed by atoms with Crippen LogP contribution >= 0.6 is 0 Å². The van der Waals surface area contributed by atoms with E-state index in [1.54, 1.807) is 0 Å². The maximum absolute atomic E-state index is 9.09. The Hall–Kier alpha value is -0.0800. The summed E-state index contributed by atoms with van der Waals surface area (Å²) in [6.45, 7) is 2.58. The summed E-state index contributed by atoms with van der Waals surface area (Å²) in [7, 11) is 2.05. The van der Waals surface area contributed by atoms with E-state index in [4.69, 9.17) is 5.11 Å². The van der Waals surface area contributed by atoms with Crippen LogP contribution in [0.15, 0.2) is 0 Å². The van der Waals surface area contributed by atoms with Crippen molar-refractivity contribution in [1.29, 1.82) is 0 Å². The standard InChI is InChI=1S/C11H23NO/c1-3-10-6-4-5-7-11(10,12-2)8-9-13/h10,12-13H,3-9H2,1-2H3. The molecule has 0 spiro atoms. The van der Waals surface area contributed by atoms with Crippen molar-refractivity contribution in [3.8, 4) is 0 Å². The van der Waals surface area contributed by atoms with Gasteiger partial charge in [0.25, 0.3) is 0 Å². The molecule has 0 aromatic heterocycles. The van der Waals surface area contributed by atoms with Crippen LogP contribution in [0.3, 0.4) is 0 Å². The third kappa shape index (κ3) is 2.23. The van der Waals surface area contributed by atoms with Crippen molar-refractivity contribution in [3.05, 3.63) is 0 Å². The van der Waals surface area contributed by atoms with Gasteiger partial charge in [-0.2, -0.15) is 0 Å². The van der Waals surface area contributed by atoms with Gasteiger partial charge in [0.2, 0.25) is 0 Å². The van der Waals surface area contributed by atoms with Crippen LogP contribution in [0, 0.1) is 5.92 Å². The Morgan fingerprint density at radius 1 is 1.46 bits per heavy atom. The highest BCUT2D eigenvalue weighted by molar-refractivity contribution is 4.95. The number of rotatable bonds is 4. The van der Waals surface area contributed by atoms with Crippen LogP contribution < -0.4 is 5.32 Å².